The molecule has 1 rings (SSSR count). The summed E-state index contributed by atoms with van der Waals surface area (Å²) in [7, 11) is 0. The molecule has 0 aliphatic rings. The fraction of sp³-hybridized carbons (Fsp3) is 0.571. The third-order valence-corrected chi connectivity index (χ3v) is 2.67. The van der Waals surface area contributed by atoms with Crippen molar-refractivity contribution in [2.75, 3.05) is 24.7 Å². The summed E-state index contributed by atoms with van der Waals surface area (Å²) in [6.45, 7) is 5.58. The van der Waals surface area contributed by atoms with Gasteiger partial charge in [-0.1, -0.05) is 26.7 Å². The van der Waals surface area contributed by atoms with Gasteiger partial charge < -0.3 is 20.9 Å². The Morgan fingerprint density at radius 2 is 1.56 bits per heavy atom. The number of hydrogen-bond acceptors (Lipinski definition) is 4. The molecule has 0 unspecified atom stereocenters. The minimum absolute atomic E-state index is 0.494. The first-order valence-corrected chi connectivity index (χ1v) is 6.63. The molecule has 0 atom stereocenters. The van der Waals surface area contributed by atoms with Gasteiger partial charge in [0.05, 0.1) is 24.6 Å². The van der Waals surface area contributed by atoms with Crippen molar-refractivity contribution in [1.82, 2.24) is 0 Å². The monoisotopic (exact) mass is 252 g/mol. The number of benzene rings is 1. The summed E-state index contributed by atoms with van der Waals surface area (Å²) in [5, 5.41) is 0. The molecule has 4 N–H and O–H groups in total. The molecular weight excluding hydrogens is 228 g/mol. The van der Waals surface area contributed by atoms with Crippen LogP contribution in [0, 0.1) is 0 Å². The van der Waals surface area contributed by atoms with Crippen molar-refractivity contribution in [1.29, 1.82) is 0 Å². The number of nitrogens with two attached hydrogens (primary N) is 2. The van der Waals surface area contributed by atoms with Gasteiger partial charge in [0.2, 0.25) is 0 Å². The summed E-state index contributed by atoms with van der Waals surface area (Å²) >= 11 is 0. The third-order valence-electron chi connectivity index (χ3n) is 2.67. The van der Waals surface area contributed by atoms with Crippen LogP contribution in [0.1, 0.15) is 39.5 Å². The molecule has 4 heteroatoms. The topological polar surface area (TPSA) is 70.5 Å². The Morgan fingerprint density at radius 1 is 0.944 bits per heavy atom. The molecule has 0 aliphatic heterocycles. The molecule has 1 aromatic rings. The Kier molecular flexibility index (Phi) is 6.19. The number of unbranched alkanes of at least 4 members (excludes halogenated alkanes) is 2. The number of nitrogen functional groups attached to an aromatic ring is 2. The van der Waals surface area contributed by atoms with Crippen LogP contribution in [0.4, 0.5) is 11.4 Å². The first-order valence-electron chi connectivity index (χ1n) is 6.63. The van der Waals surface area contributed by atoms with Gasteiger partial charge in [-0.2, -0.15) is 0 Å². The average molecular weight is 252 g/mol. The lowest BCUT2D eigenvalue weighted by atomic mass is 10.2. The smallest absolute Gasteiger partial charge is 0.147 e. The van der Waals surface area contributed by atoms with Crippen molar-refractivity contribution in [2.24, 2.45) is 0 Å². The van der Waals surface area contributed by atoms with Gasteiger partial charge in [-0.15, -0.1) is 0 Å². The Bertz CT molecular complexity index is 367. The lowest BCUT2D eigenvalue weighted by Gasteiger charge is -2.13. The van der Waals surface area contributed by atoms with Gasteiger partial charge in [-0.25, -0.2) is 0 Å². The zero-order valence-corrected chi connectivity index (χ0v) is 11.4. The van der Waals surface area contributed by atoms with Gasteiger partial charge in [-0.3, -0.25) is 0 Å². The molecule has 1 aromatic carbocycles. The third kappa shape index (κ3) is 4.35. The number of anilines is 2. The van der Waals surface area contributed by atoms with Crippen LogP contribution < -0.4 is 20.9 Å². The van der Waals surface area contributed by atoms with Crippen molar-refractivity contribution < 1.29 is 9.47 Å². The Morgan fingerprint density at radius 3 is 2.17 bits per heavy atom. The van der Waals surface area contributed by atoms with Gasteiger partial charge in [0.25, 0.3) is 0 Å². The first kappa shape index (κ1) is 14.5. The summed E-state index contributed by atoms with van der Waals surface area (Å²) in [6.07, 6.45) is 4.21. The second-order valence-electron chi connectivity index (χ2n) is 4.33. The summed E-state index contributed by atoms with van der Waals surface area (Å²) < 4.78 is 11.2. The van der Waals surface area contributed by atoms with Crippen LogP contribution in [0.5, 0.6) is 11.5 Å². The number of hydrogen-bond donors (Lipinski definition) is 2. The average Bonchev–Trinajstić information content (AvgIpc) is 2.35. The minimum Gasteiger partial charge on any atom is -0.493 e. The van der Waals surface area contributed by atoms with E-state index >= 15 is 0 Å². The molecule has 0 amide bonds. The highest BCUT2D eigenvalue weighted by molar-refractivity contribution is 5.73. The fourth-order valence-electron chi connectivity index (χ4n) is 1.49. The molecule has 0 heterocycles. The van der Waals surface area contributed by atoms with E-state index in [1.165, 1.54) is 0 Å². The van der Waals surface area contributed by atoms with E-state index in [1.807, 2.05) is 6.07 Å². The predicted octanol–water partition coefficient (Wildman–Crippen LogP) is 3.21. The standard InChI is InChI=1S/C14H24N2O2/c1-3-5-7-17-11-9-12(15)14(16)13(10-11)18-8-6-4-2/h9-10H,3-8,15-16H2,1-2H3. The largest absolute Gasteiger partial charge is 0.493 e. The van der Waals surface area contributed by atoms with E-state index in [2.05, 4.69) is 13.8 Å². The summed E-state index contributed by atoms with van der Waals surface area (Å²) in [6, 6.07) is 3.56. The Labute approximate surface area is 109 Å². The summed E-state index contributed by atoms with van der Waals surface area (Å²) in [4.78, 5) is 0. The Hall–Kier alpha value is -1.58. The van der Waals surface area contributed by atoms with Crippen molar-refractivity contribution in [2.45, 2.75) is 39.5 Å². The summed E-state index contributed by atoms with van der Waals surface area (Å²) in [5.74, 6) is 1.34. The highest BCUT2D eigenvalue weighted by Crippen LogP contribution is 2.33. The van der Waals surface area contributed by atoms with Crippen molar-refractivity contribution in [3.05, 3.63) is 12.1 Å². The molecular formula is C14H24N2O2. The lowest BCUT2D eigenvalue weighted by molar-refractivity contribution is 0.295. The molecule has 0 fully saturated rings. The molecule has 0 radical (unpaired) electrons. The van der Waals surface area contributed by atoms with E-state index in [-0.39, 0.29) is 0 Å². The number of ether oxygens (including phenoxy) is 2. The molecule has 0 bridgehead atoms. The Balaban J connectivity index is 2.69. The molecule has 0 saturated heterocycles. The highest BCUT2D eigenvalue weighted by atomic mass is 16.5. The maximum atomic E-state index is 5.88. The zero-order chi connectivity index (χ0) is 13.4. The van der Waals surface area contributed by atoms with Gasteiger partial charge in [-0.05, 0) is 12.8 Å². The van der Waals surface area contributed by atoms with Crippen LogP contribution in [-0.2, 0) is 0 Å². The van der Waals surface area contributed by atoms with Crippen LogP contribution >= 0.6 is 0 Å². The zero-order valence-electron chi connectivity index (χ0n) is 11.4. The van der Waals surface area contributed by atoms with Gasteiger partial charge >= 0.3 is 0 Å². The molecule has 0 spiro atoms. The van der Waals surface area contributed by atoms with Crippen LogP contribution in [-0.4, -0.2) is 13.2 Å². The molecule has 0 saturated carbocycles. The van der Waals surface area contributed by atoms with E-state index in [0.717, 1.165) is 31.4 Å². The molecule has 0 aromatic heterocycles. The maximum Gasteiger partial charge on any atom is 0.147 e. The summed E-state index contributed by atoms with van der Waals surface area (Å²) in [5.41, 5.74) is 12.7. The van der Waals surface area contributed by atoms with E-state index in [0.29, 0.717) is 30.3 Å². The van der Waals surface area contributed by atoms with Gasteiger partial charge in [0.15, 0.2) is 0 Å². The molecule has 102 valence electrons. The van der Waals surface area contributed by atoms with Gasteiger partial charge in [0, 0.05) is 12.1 Å². The van der Waals surface area contributed by atoms with Crippen LogP contribution in [0.15, 0.2) is 12.1 Å². The normalized spacial score (nSPS) is 10.3. The second kappa shape index (κ2) is 7.69. The second-order valence-corrected chi connectivity index (χ2v) is 4.33. The van der Waals surface area contributed by atoms with E-state index < -0.39 is 0 Å². The quantitative estimate of drug-likeness (QED) is 0.550. The highest BCUT2D eigenvalue weighted by Gasteiger charge is 2.08. The van der Waals surface area contributed by atoms with E-state index in [4.69, 9.17) is 20.9 Å². The van der Waals surface area contributed by atoms with E-state index in [9.17, 15) is 0 Å². The molecule has 0 aliphatic carbocycles. The first-order chi connectivity index (χ1) is 8.69. The van der Waals surface area contributed by atoms with Crippen molar-refractivity contribution in [3.8, 4) is 11.5 Å². The van der Waals surface area contributed by atoms with Crippen molar-refractivity contribution in [3.63, 3.8) is 0 Å². The van der Waals surface area contributed by atoms with E-state index in [1.54, 1.807) is 6.07 Å². The maximum absolute atomic E-state index is 5.88. The lowest BCUT2D eigenvalue weighted by Crippen LogP contribution is -2.04. The predicted molar refractivity (Wildman–Crippen MR) is 76.1 cm³/mol. The van der Waals surface area contributed by atoms with Crippen LogP contribution in [0.3, 0.4) is 0 Å². The van der Waals surface area contributed by atoms with Crippen molar-refractivity contribution >= 4 is 11.4 Å². The van der Waals surface area contributed by atoms with Crippen LogP contribution in [0.25, 0.3) is 0 Å². The van der Waals surface area contributed by atoms with Gasteiger partial charge in [0.1, 0.15) is 11.5 Å². The minimum atomic E-state index is 0.494. The molecule has 18 heavy (non-hydrogen) atoms. The number of rotatable bonds is 8. The molecule has 4 nitrogen and oxygen atoms in total. The fourth-order valence-corrected chi connectivity index (χ4v) is 1.49. The van der Waals surface area contributed by atoms with Crippen LogP contribution in [0.2, 0.25) is 0 Å². The SMILES string of the molecule is CCCCOc1cc(N)c(N)c(OCCCC)c1.